The first-order valence-electron chi connectivity index (χ1n) is 7.73. The molecule has 0 aliphatic carbocycles. The monoisotopic (exact) mass is 332 g/mol. The quantitative estimate of drug-likeness (QED) is 0.686. The lowest BCUT2D eigenvalue weighted by Crippen LogP contribution is -2.05. The molecule has 0 saturated carbocycles. The van der Waals surface area contributed by atoms with Gasteiger partial charge in [0.25, 0.3) is 0 Å². The van der Waals surface area contributed by atoms with Crippen molar-refractivity contribution in [2.75, 3.05) is 5.32 Å². The summed E-state index contributed by atoms with van der Waals surface area (Å²) >= 11 is 0. The molecule has 0 saturated heterocycles. The summed E-state index contributed by atoms with van der Waals surface area (Å²) in [6, 6.07) is 16.8. The molecule has 25 heavy (non-hydrogen) atoms. The van der Waals surface area contributed by atoms with E-state index >= 15 is 0 Å². The van der Waals surface area contributed by atoms with Crippen molar-refractivity contribution in [1.29, 1.82) is 0 Å². The molecule has 0 spiro atoms. The Bertz CT molecular complexity index is 879. The average Bonchev–Trinajstić information content (AvgIpc) is 2.95. The van der Waals surface area contributed by atoms with E-state index in [1.807, 2.05) is 36.4 Å². The van der Waals surface area contributed by atoms with Gasteiger partial charge in [0, 0.05) is 18.7 Å². The fourth-order valence-electron chi connectivity index (χ4n) is 2.25. The van der Waals surface area contributed by atoms with Crippen LogP contribution in [0, 0.1) is 0 Å². The topological polar surface area (TPSA) is 67.8 Å². The van der Waals surface area contributed by atoms with Crippen LogP contribution in [0.5, 0.6) is 0 Å². The van der Waals surface area contributed by atoms with Crippen molar-refractivity contribution in [3.8, 4) is 0 Å². The highest BCUT2D eigenvalue weighted by Crippen LogP contribution is 2.18. The number of benzene rings is 2. The average molecular weight is 332 g/mol. The van der Waals surface area contributed by atoms with Crippen LogP contribution in [0.15, 0.2) is 71.4 Å². The van der Waals surface area contributed by atoms with Crippen molar-refractivity contribution in [2.24, 2.45) is 4.99 Å². The van der Waals surface area contributed by atoms with Crippen LogP contribution in [0.1, 0.15) is 18.1 Å². The number of nitrogens with one attached hydrogen (secondary N) is 1. The number of aliphatic imine (C=N–C) groups is 1. The standard InChI is InChI=1S/C20H16N2O3/c1-14(23)21-17-10-7-16(8-11-17)13-18-20(24)25-19(22-18)12-9-15-5-3-2-4-6-15/h2-13H,1H3,(H,21,23)/b12-9-,18-13+. The molecule has 0 fully saturated rings. The molecule has 1 heterocycles. The molecule has 0 unspecified atom stereocenters. The van der Waals surface area contributed by atoms with E-state index < -0.39 is 5.97 Å². The maximum absolute atomic E-state index is 11.9. The van der Waals surface area contributed by atoms with E-state index in [1.165, 1.54) is 6.92 Å². The van der Waals surface area contributed by atoms with Gasteiger partial charge in [-0.25, -0.2) is 9.79 Å². The summed E-state index contributed by atoms with van der Waals surface area (Å²) < 4.78 is 5.14. The Hall–Kier alpha value is -3.47. The summed E-state index contributed by atoms with van der Waals surface area (Å²) in [6.45, 7) is 1.45. The van der Waals surface area contributed by atoms with Crippen LogP contribution >= 0.6 is 0 Å². The normalized spacial score (nSPS) is 15.3. The highest BCUT2D eigenvalue weighted by Gasteiger charge is 2.20. The molecule has 124 valence electrons. The number of carbonyl (C=O) groups excluding carboxylic acids is 2. The van der Waals surface area contributed by atoms with E-state index in [0.717, 1.165) is 11.1 Å². The molecule has 5 heteroatoms. The van der Waals surface area contributed by atoms with Crippen molar-refractivity contribution in [3.63, 3.8) is 0 Å². The Morgan fingerprint density at radius 3 is 2.40 bits per heavy atom. The zero-order valence-corrected chi connectivity index (χ0v) is 13.6. The minimum absolute atomic E-state index is 0.134. The molecule has 0 aromatic heterocycles. The van der Waals surface area contributed by atoms with Gasteiger partial charge in [0.2, 0.25) is 11.8 Å². The third-order valence-electron chi connectivity index (χ3n) is 3.39. The largest absolute Gasteiger partial charge is 0.403 e. The van der Waals surface area contributed by atoms with E-state index in [1.54, 1.807) is 36.4 Å². The zero-order chi connectivity index (χ0) is 17.6. The molecule has 0 radical (unpaired) electrons. The Morgan fingerprint density at radius 2 is 1.72 bits per heavy atom. The molecule has 2 aromatic carbocycles. The van der Waals surface area contributed by atoms with Crippen LogP contribution in [-0.4, -0.2) is 17.8 Å². The summed E-state index contributed by atoms with van der Waals surface area (Å²) in [7, 11) is 0. The highest BCUT2D eigenvalue weighted by atomic mass is 16.6. The fraction of sp³-hybridized carbons (Fsp3) is 0.0500. The molecule has 1 aliphatic heterocycles. The number of esters is 1. The lowest BCUT2D eigenvalue weighted by Gasteiger charge is -2.01. The second kappa shape index (κ2) is 7.40. The maximum Gasteiger partial charge on any atom is 0.363 e. The maximum atomic E-state index is 11.9. The first-order chi connectivity index (χ1) is 12.1. The summed E-state index contributed by atoms with van der Waals surface area (Å²) in [5.74, 6) is -0.362. The second-order valence-corrected chi connectivity index (χ2v) is 5.42. The Morgan fingerprint density at radius 1 is 1.00 bits per heavy atom. The van der Waals surface area contributed by atoms with E-state index in [2.05, 4.69) is 10.3 Å². The van der Waals surface area contributed by atoms with Crippen molar-refractivity contribution in [1.82, 2.24) is 0 Å². The highest BCUT2D eigenvalue weighted by molar-refractivity contribution is 6.11. The van der Waals surface area contributed by atoms with Gasteiger partial charge in [0.15, 0.2) is 5.70 Å². The van der Waals surface area contributed by atoms with Crippen LogP contribution in [-0.2, 0) is 14.3 Å². The molecule has 2 aromatic rings. The lowest BCUT2D eigenvalue weighted by molar-refractivity contribution is -0.129. The summed E-state index contributed by atoms with van der Waals surface area (Å²) in [5.41, 5.74) is 2.71. The molecule has 5 nitrogen and oxygen atoms in total. The summed E-state index contributed by atoms with van der Waals surface area (Å²) in [4.78, 5) is 27.1. The van der Waals surface area contributed by atoms with Crippen LogP contribution in [0.2, 0.25) is 0 Å². The van der Waals surface area contributed by atoms with Crippen molar-refractivity contribution in [2.45, 2.75) is 6.92 Å². The fourth-order valence-corrected chi connectivity index (χ4v) is 2.25. The predicted molar refractivity (Wildman–Crippen MR) is 97.7 cm³/mol. The van der Waals surface area contributed by atoms with Gasteiger partial charge < -0.3 is 10.1 Å². The van der Waals surface area contributed by atoms with E-state index in [9.17, 15) is 9.59 Å². The zero-order valence-electron chi connectivity index (χ0n) is 13.6. The number of anilines is 1. The number of hydrogen-bond donors (Lipinski definition) is 1. The third kappa shape index (κ3) is 4.51. The third-order valence-corrected chi connectivity index (χ3v) is 3.39. The first kappa shape index (κ1) is 16.4. The summed E-state index contributed by atoms with van der Waals surface area (Å²) in [5, 5.41) is 2.69. The predicted octanol–water partition coefficient (Wildman–Crippen LogP) is 3.65. The number of rotatable bonds is 4. The Balaban J connectivity index is 1.74. The van der Waals surface area contributed by atoms with Crippen LogP contribution in [0.3, 0.4) is 0 Å². The van der Waals surface area contributed by atoms with Gasteiger partial charge in [-0.1, -0.05) is 42.5 Å². The van der Waals surface area contributed by atoms with Gasteiger partial charge >= 0.3 is 5.97 Å². The Labute approximate surface area is 145 Å². The SMILES string of the molecule is CC(=O)Nc1ccc(/C=C2N=C(/C=C\c3ccccc3)OC/2=O)cc1. The van der Waals surface area contributed by atoms with Crippen LogP contribution in [0.4, 0.5) is 5.69 Å². The van der Waals surface area contributed by atoms with Crippen molar-refractivity contribution >= 4 is 35.6 Å². The molecular formula is C20H16N2O3. The van der Waals surface area contributed by atoms with Gasteiger partial charge in [-0.3, -0.25) is 4.79 Å². The number of nitrogens with zero attached hydrogens (tertiary/aromatic N) is 1. The lowest BCUT2D eigenvalue weighted by atomic mass is 10.2. The van der Waals surface area contributed by atoms with Gasteiger partial charge in [-0.05, 0) is 35.4 Å². The van der Waals surface area contributed by atoms with Crippen molar-refractivity contribution < 1.29 is 14.3 Å². The first-order valence-corrected chi connectivity index (χ1v) is 7.73. The molecule has 1 aliphatic rings. The van der Waals surface area contributed by atoms with E-state index in [4.69, 9.17) is 4.74 Å². The Kier molecular flexibility index (Phi) is 4.85. The van der Waals surface area contributed by atoms with Gasteiger partial charge in [0.1, 0.15) is 0 Å². The number of hydrogen-bond acceptors (Lipinski definition) is 4. The molecule has 0 atom stereocenters. The second-order valence-electron chi connectivity index (χ2n) is 5.42. The molecule has 1 N–H and O–H groups in total. The minimum Gasteiger partial charge on any atom is -0.403 e. The number of carbonyl (C=O) groups is 2. The molecule has 0 bridgehead atoms. The number of ether oxygens (including phenoxy) is 1. The van der Waals surface area contributed by atoms with E-state index in [-0.39, 0.29) is 17.5 Å². The van der Waals surface area contributed by atoms with Gasteiger partial charge in [-0.15, -0.1) is 0 Å². The number of cyclic esters (lactones) is 1. The molecular weight excluding hydrogens is 316 g/mol. The smallest absolute Gasteiger partial charge is 0.363 e. The summed E-state index contributed by atoms with van der Waals surface area (Å²) in [6.07, 6.45) is 5.13. The van der Waals surface area contributed by atoms with Crippen LogP contribution < -0.4 is 5.32 Å². The van der Waals surface area contributed by atoms with Crippen molar-refractivity contribution in [3.05, 3.63) is 77.5 Å². The van der Waals surface area contributed by atoms with Gasteiger partial charge in [0.05, 0.1) is 0 Å². The molecule has 3 rings (SSSR count). The minimum atomic E-state index is -0.487. The van der Waals surface area contributed by atoms with Gasteiger partial charge in [-0.2, -0.15) is 0 Å². The molecule has 1 amide bonds. The number of amides is 1. The van der Waals surface area contributed by atoms with Crippen LogP contribution in [0.25, 0.3) is 12.2 Å². The van der Waals surface area contributed by atoms with E-state index in [0.29, 0.717) is 5.69 Å².